The SMILES string of the molecule is N#Cc1ccc(C#N)c(-n2c3ccc(N(c4ccccc4)c4ccccc4)cc3c3c4ccccc4ccc32)c1. The van der Waals surface area contributed by atoms with Gasteiger partial charge >= 0.3 is 0 Å². The van der Waals surface area contributed by atoms with Gasteiger partial charge in [0.1, 0.15) is 6.07 Å². The third-order valence-electron chi connectivity index (χ3n) is 7.41. The van der Waals surface area contributed by atoms with Gasteiger partial charge in [0.15, 0.2) is 0 Å². The molecule has 186 valence electrons. The molecule has 4 heteroatoms. The lowest BCUT2D eigenvalue weighted by Gasteiger charge is -2.25. The maximum absolute atomic E-state index is 10.0. The molecule has 4 nitrogen and oxygen atoms in total. The largest absolute Gasteiger partial charge is 0.310 e. The number of aromatic nitrogens is 1. The van der Waals surface area contributed by atoms with Crippen LogP contribution in [-0.4, -0.2) is 4.57 Å². The fraction of sp³-hybridized carbons (Fsp3) is 0. The van der Waals surface area contributed by atoms with Crippen molar-refractivity contribution in [3.63, 3.8) is 0 Å². The zero-order valence-electron chi connectivity index (χ0n) is 21.5. The van der Waals surface area contributed by atoms with Crippen molar-refractivity contribution in [3.05, 3.63) is 145 Å². The van der Waals surface area contributed by atoms with Gasteiger partial charge in [0, 0.05) is 27.8 Å². The highest BCUT2D eigenvalue weighted by molar-refractivity contribution is 6.22. The Balaban J connectivity index is 1.60. The Kier molecular flexibility index (Phi) is 5.52. The van der Waals surface area contributed by atoms with Crippen molar-refractivity contribution in [1.29, 1.82) is 10.5 Å². The van der Waals surface area contributed by atoms with Gasteiger partial charge in [0.05, 0.1) is 33.9 Å². The van der Waals surface area contributed by atoms with Crippen LogP contribution in [0, 0.1) is 22.7 Å². The molecule has 0 unspecified atom stereocenters. The van der Waals surface area contributed by atoms with E-state index in [2.05, 4.69) is 125 Å². The molecule has 1 aromatic heterocycles. The van der Waals surface area contributed by atoms with Crippen molar-refractivity contribution >= 4 is 49.6 Å². The number of benzene rings is 6. The minimum atomic E-state index is 0.515. The third-order valence-corrected chi connectivity index (χ3v) is 7.41. The van der Waals surface area contributed by atoms with Gasteiger partial charge in [-0.2, -0.15) is 10.5 Å². The highest BCUT2D eigenvalue weighted by Gasteiger charge is 2.20. The highest BCUT2D eigenvalue weighted by Crippen LogP contribution is 2.42. The fourth-order valence-electron chi connectivity index (χ4n) is 5.66. The number of anilines is 3. The first kappa shape index (κ1) is 23.3. The van der Waals surface area contributed by atoms with E-state index < -0.39 is 0 Å². The van der Waals surface area contributed by atoms with Crippen LogP contribution in [0.2, 0.25) is 0 Å². The van der Waals surface area contributed by atoms with E-state index in [1.165, 1.54) is 0 Å². The van der Waals surface area contributed by atoms with Crippen LogP contribution in [0.15, 0.2) is 133 Å². The molecule has 0 bridgehead atoms. The molecule has 0 N–H and O–H groups in total. The van der Waals surface area contributed by atoms with E-state index in [-0.39, 0.29) is 0 Å². The summed E-state index contributed by atoms with van der Waals surface area (Å²) in [6.45, 7) is 0. The smallest absolute Gasteiger partial charge is 0.101 e. The molecule has 0 aliphatic heterocycles. The monoisotopic (exact) mass is 510 g/mol. The van der Waals surface area contributed by atoms with Crippen molar-refractivity contribution in [2.75, 3.05) is 4.90 Å². The fourth-order valence-corrected chi connectivity index (χ4v) is 5.66. The summed E-state index contributed by atoms with van der Waals surface area (Å²) >= 11 is 0. The zero-order chi connectivity index (χ0) is 27.1. The summed E-state index contributed by atoms with van der Waals surface area (Å²) in [6, 6.07) is 49.6. The molecule has 7 aromatic rings. The molecule has 0 saturated heterocycles. The van der Waals surface area contributed by atoms with Crippen molar-refractivity contribution in [3.8, 4) is 17.8 Å². The van der Waals surface area contributed by atoms with E-state index in [4.69, 9.17) is 0 Å². The number of nitrogens with zero attached hydrogens (tertiary/aromatic N) is 4. The van der Waals surface area contributed by atoms with Gasteiger partial charge in [0.25, 0.3) is 0 Å². The Morgan fingerprint density at radius 3 is 1.90 bits per heavy atom. The van der Waals surface area contributed by atoms with Crippen LogP contribution < -0.4 is 4.90 Å². The molecule has 0 radical (unpaired) electrons. The minimum absolute atomic E-state index is 0.515. The maximum Gasteiger partial charge on any atom is 0.101 e. The maximum atomic E-state index is 10.0. The molecule has 0 fully saturated rings. The predicted octanol–water partition coefficient (Wildman–Crippen LogP) is 9.15. The lowest BCUT2D eigenvalue weighted by Crippen LogP contribution is -2.09. The molecular formula is C36H22N4. The molecule has 40 heavy (non-hydrogen) atoms. The second-order valence-corrected chi connectivity index (χ2v) is 9.68. The topological polar surface area (TPSA) is 55.8 Å². The summed E-state index contributed by atoms with van der Waals surface area (Å²) in [5, 5.41) is 24.1. The Hall–Kier alpha value is -5.84. The van der Waals surface area contributed by atoms with Crippen molar-refractivity contribution < 1.29 is 0 Å². The van der Waals surface area contributed by atoms with Gasteiger partial charge in [-0.15, -0.1) is 0 Å². The summed E-state index contributed by atoms with van der Waals surface area (Å²) in [4.78, 5) is 2.25. The Bertz CT molecular complexity index is 2090. The lowest BCUT2D eigenvalue weighted by atomic mass is 10.0. The van der Waals surface area contributed by atoms with Crippen LogP contribution in [0.25, 0.3) is 38.3 Å². The average molecular weight is 511 g/mol. The number of fused-ring (bicyclic) bond motifs is 5. The molecule has 1 heterocycles. The quantitative estimate of drug-likeness (QED) is 0.237. The summed E-state index contributed by atoms with van der Waals surface area (Å²) in [7, 11) is 0. The van der Waals surface area contributed by atoms with Crippen molar-refractivity contribution in [2.24, 2.45) is 0 Å². The summed E-state index contributed by atoms with van der Waals surface area (Å²) in [5.74, 6) is 0. The first-order chi connectivity index (χ1) is 19.8. The summed E-state index contributed by atoms with van der Waals surface area (Å²) < 4.78 is 2.12. The first-order valence-corrected chi connectivity index (χ1v) is 13.1. The number of nitriles is 2. The van der Waals surface area contributed by atoms with Crippen LogP contribution in [0.5, 0.6) is 0 Å². The average Bonchev–Trinajstić information content (AvgIpc) is 3.36. The predicted molar refractivity (Wildman–Crippen MR) is 162 cm³/mol. The standard InChI is InChI=1S/C36H22N4/c37-23-25-15-16-27(24-38)35(21-25)40-33-20-18-30(39(28-10-3-1-4-11-28)29-12-5-2-6-13-29)22-32(33)36-31-14-8-7-9-26(31)17-19-34(36)40/h1-22H. The van der Waals surface area contributed by atoms with Gasteiger partial charge in [-0.3, -0.25) is 0 Å². The molecular weight excluding hydrogens is 488 g/mol. The molecule has 7 rings (SSSR count). The second kappa shape index (κ2) is 9.48. The Morgan fingerprint density at radius 1 is 0.525 bits per heavy atom. The van der Waals surface area contributed by atoms with Crippen molar-refractivity contribution in [2.45, 2.75) is 0 Å². The van der Waals surface area contributed by atoms with E-state index in [0.29, 0.717) is 16.8 Å². The van der Waals surface area contributed by atoms with Crippen LogP contribution in [0.3, 0.4) is 0 Å². The molecule has 0 spiro atoms. The number of para-hydroxylation sites is 2. The first-order valence-electron chi connectivity index (χ1n) is 13.1. The van der Waals surface area contributed by atoms with Crippen LogP contribution in [-0.2, 0) is 0 Å². The van der Waals surface area contributed by atoms with E-state index in [0.717, 1.165) is 49.6 Å². The van der Waals surface area contributed by atoms with Gasteiger partial charge in [-0.25, -0.2) is 0 Å². The van der Waals surface area contributed by atoms with E-state index >= 15 is 0 Å². The summed E-state index contributed by atoms with van der Waals surface area (Å²) in [6.07, 6.45) is 0. The van der Waals surface area contributed by atoms with Crippen molar-refractivity contribution in [1.82, 2.24) is 4.57 Å². The van der Waals surface area contributed by atoms with Crippen LogP contribution in [0.1, 0.15) is 11.1 Å². The summed E-state index contributed by atoms with van der Waals surface area (Å²) in [5.41, 5.74) is 6.86. The Labute approximate surface area is 231 Å². The lowest BCUT2D eigenvalue weighted by molar-refractivity contribution is 1.16. The number of rotatable bonds is 4. The number of hydrogen-bond donors (Lipinski definition) is 0. The van der Waals surface area contributed by atoms with Gasteiger partial charge in [0.2, 0.25) is 0 Å². The van der Waals surface area contributed by atoms with E-state index in [1.54, 1.807) is 18.2 Å². The Morgan fingerprint density at radius 2 is 1.20 bits per heavy atom. The van der Waals surface area contributed by atoms with Gasteiger partial charge in [-0.05, 0) is 77.5 Å². The van der Waals surface area contributed by atoms with Gasteiger partial charge < -0.3 is 9.47 Å². The van der Waals surface area contributed by atoms with Crippen LogP contribution >= 0.6 is 0 Å². The highest BCUT2D eigenvalue weighted by atomic mass is 15.1. The molecule has 0 saturated carbocycles. The minimum Gasteiger partial charge on any atom is -0.310 e. The zero-order valence-corrected chi connectivity index (χ0v) is 21.5. The van der Waals surface area contributed by atoms with Gasteiger partial charge in [-0.1, -0.05) is 66.7 Å². The normalized spacial score (nSPS) is 10.9. The number of hydrogen-bond acceptors (Lipinski definition) is 3. The molecule has 0 aliphatic rings. The molecule has 0 aliphatic carbocycles. The third kappa shape index (κ3) is 3.68. The second-order valence-electron chi connectivity index (χ2n) is 9.68. The molecule has 0 atom stereocenters. The molecule has 0 amide bonds. The molecule has 6 aromatic carbocycles. The van der Waals surface area contributed by atoms with E-state index in [1.807, 2.05) is 12.1 Å². The van der Waals surface area contributed by atoms with Crippen LogP contribution in [0.4, 0.5) is 17.1 Å². The van der Waals surface area contributed by atoms with E-state index in [9.17, 15) is 10.5 Å².